The molecule has 0 saturated carbocycles. The SMILES string of the molecule is CC1CC(C(=O)NCc2cc3cnc(N)cc3s2)n2c1ncc(NCCCc1ccccc1)c2=O. The van der Waals surface area contributed by atoms with Gasteiger partial charge in [0.15, 0.2) is 0 Å². The first-order chi connectivity index (χ1) is 17.0. The molecule has 9 heteroatoms. The highest BCUT2D eigenvalue weighted by Crippen LogP contribution is 2.33. The maximum absolute atomic E-state index is 13.3. The van der Waals surface area contributed by atoms with Gasteiger partial charge in [0.1, 0.15) is 23.4 Å². The van der Waals surface area contributed by atoms with Gasteiger partial charge in [-0.15, -0.1) is 11.3 Å². The third kappa shape index (κ3) is 4.90. The number of nitrogen functional groups attached to an aromatic ring is 1. The van der Waals surface area contributed by atoms with E-state index in [9.17, 15) is 9.59 Å². The standard InChI is InChI=1S/C26H28N6O2S/c1-16-10-21(25(33)31-14-19-11-18-13-29-23(27)12-22(18)35-19)32-24(16)30-15-20(26(32)34)28-9-5-8-17-6-3-2-4-7-17/h2-4,6-7,11-13,15-16,21,28H,5,8-10,14H2,1H3,(H2,27,29)(H,31,33). The number of carbonyl (C=O) groups is 1. The summed E-state index contributed by atoms with van der Waals surface area (Å²) in [5.41, 5.74) is 7.28. The summed E-state index contributed by atoms with van der Waals surface area (Å²) in [7, 11) is 0. The Bertz CT molecular complexity index is 1410. The molecule has 4 N–H and O–H groups in total. The predicted molar refractivity (Wildman–Crippen MR) is 140 cm³/mol. The van der Waals surface area contributed by atoms with Crippen molar-refractivity contribution < 1.29 is 4.79 Å². The Kier molecular flexibility index (Phi) is 6.50. The Morgan fingerprint density at radius 2 is 2.03 bits per heavy atom. The molecule has 35 heavy (non-hydrogen) atoms. The van der Waals surface area contributed by atoms with Crippen molar-refractivity contribution in [1.29, 1.82) is 0 Å². The molecule has 0 radical (unpaired) electrons. The van der Waals surface area contributed by atoms with Crippen LogP contribution in [-0.4, -0.2) is 27.0 Å². The van der Waals surface area contributed by atoms with Gasteiger partial charge in [-0.1, -0.05) is 37.3 Å². The highest BCUT2D eigenvalue weighted by molar-refractivity contribution is 7.19. The van der Waals surface area contributed by atoms with E-state index in [2.05, 4.69) is 32.7 Å². The van der Waals surface area contributed by atoms with Crippen LogP contribution in [0.3, 0.4) is 0 Å². The van der Waals surface area contributed by atoms with Gasteiger partial charge >= 0.3 is 0 Å². The van der Waals surface area contributed by atoms with Gasteiger partial charge in [-0.25, -0.2) is 9.97 Å². The third-order valence-corrected chi connectivity index (χ3v) is 7.46. The minimum Gasteiger partial charge on any atom is -0.384 e. The molecule has 1 aliphatic rings. The molecule has 0 spiro atoms. The summed E-state index contributed by atoms with van der Waals surface area (Å²) < 4.78 is 2.60. The zero-order chi connectivity index (χ0) is 24.4. The molecular formula is C26H28N6O2S. The topological polar surface area (TPSA) is 115 Å². The van der Waals surface area contributed by atoms with E-state index >= 15 is 0 Å². The summed E-state index contributed by atoms with van der Waals surface area (Å²) in [6.45, 7) is 3.04. The average molecular weight is 489 g/mol. The van der Waals surface area contributed by atoms with Gasteiger partial charge in [0.25, 0.3) is 5.56 Å². The second kappa shape index (κ2) is 9.87. The highest BCUT2D eigenvalue weighted by atomic mass is 32.1. The average Bonchev–Trinajstić information content (AvgIpc) is 3.42. The number of hydrogen-bond donors (Lipinski definition) is 3. The van der Waals surface area contributed by atoms with E-state index < -0.39 is 6.04 Å². The molecule has 180 valence electrons. The molecule has 2 unspecified atom stereocenters. The van der Waals surface area contributed by atoms with Crippen molar-refractivity contribution in [2.24, 2.45) is 0 Å². The van der Waals surface area contributed by atoms with E-state index in [0.717, 1.165) is 27.8 Å². The van der Waals surface area contributed by atoms with Crippen molar-refractivity contribution in [3.63, 3.8) is 0 Å². The van der Waals surface area contributed by atoms with Crippen molar-refractivity contribution in [2.45, 2.75) is 44.7 Å². The van der Waals surface area contributed by atoms with Crippen molar-refractivity contribution in [2.75, 3.05) is 17.6 Å². The van der Waals surface area contributed by atoms with Crippen molar-refractivity contribution >= 4 is 38.8 Å². The number of amides is 1. The van der Waals surface area contributed by atoms with Gasteiger partial charge in [-0.2, -0.15) is 0 Å². The first kappa shape index (κ1) is 23.0. The molecule has 0 aliphatic carbocycles. The molecule has 4 heterocycles. The van der Waals surface area contributed by atoms with Crippen LogP contribution in [0.25, 0.3) is 10.1 Å². The monoisotopic (exact) mass is 488 g/mol. The smallest absolute Gasteiger partial charge is 0.277 e. The first-order valence-corrected chi connectivity index (χ1v) is 12.6. The van der Waals surface area contributed by atoms with Crippen molar-refractivity contribution in [1.82, 2.24) is 19.9 Å². The minimum atomic E-state index is -0.572. The number of thiophene rings is 1. The number of pyridine rings is 1. The van der Waals surface area contributed by atoms with Crippen LogP contribution in [0.5, 0.6) is 0 Å². The second-order valence-electron chi connectivity index (χ2n) is 8.95. The Morgan fingerprint density at radius 1 is 1.20 bits per heavy atom. The minimum absolute atomic E-state index is 0.0314. The van der Waals surface area contributed by atoms with E-state index in [4.69, 9.17) is 5.73 Å². The highest BCUT2D eigenvalue weighted by Gasteiger charge is 2.35. The fourth-order valence-electron chi connectivity index (χ4n) is 4.58. The lowest BCUT2D eigenvalue weighted by molar-refractivity contribution is -0.124. The Morgan fingerprint density at radius 3 is 2.86 bits per heavy atom. The number of carbonyl (C=O) groups excluding carboxylic acids is 1. The van der Waals surface area contributed by atoms with Crippen LogP contribution in [0.15, 0.2) is 59.7 Å². The second-order valence-corrected chi connectivity index (χ2v) is 10.1. The lowest BCUT2D eigenvalue weighted by Crippen LogP contribution is -2.36. The zero-order valence-corrected chi connectivity index (χ0v) is 20.3. The lowest BCUT2D eigenvalue weighted by atomic mass is 10.1. The van der Waals surface area contributed by atoms with E-state index in [1.54, 1.807) is 28.3 Å². The molecule has 0 bridgehead atoms. The summed E-state index contributed by atoms with van der Waals surface area (Å²) in [4.78, 5) is 36.1. The number of nitrogens with one attached hydrogen (secondary N) is 2. The van der Waals surface area contributed by atoms with Crippen LogP contribution in [0, 0.1) is 0 Å². The number of rotatable bonds is 8. The van der Waals surface area contributed by atoms with E-state index in [1.165, 1.54) is 5.56 Å². The molecule has 3 aromatic heterocycles. The van der Waals surface area contributed by atoms with Crippen molar-refractivity contribution in [3.05, 3.63) is 81.5 Å². The molecule has 1 aromatic carbocycles. The summed E-state index contributed by atoms with van der Waals surface area (Å²) >= 11 is 1.57. The molecule has 0 saturated heterocycles. The maximum atomic E-state index is 13.3. The quantitative estimate of drug-likeness (QED) is 0.325. The lowest BCUT2D eigenvalue weighted by Gasteiger charge is -2.15. The molecule has 1 amide bonds. The van der Waals surface area contributed by atoms with E-state index in [0.29, 0.717) is 36.8 Å². The maximum Gasteiger partial charge on any atom is 0.277 e. The van der Waals surface area contributed by atoms with E-state index in [-0.39, 0.29) is 17.4 Å². The molecule has 5 rings (SSSR count). The number of nitrogens with two attached hydrogens (primary N) is 1. The number of aryl methyl sites for hydroxylation is 1. The van der Waals surface area contributed by atoms with Crippen LogP contribution in [0.2, 0.25) is 0 Å². The summed E-state index contributed by atoms with van der Waals surface area (Å²) in [6.07, 6.45) is 5.71. The fourth-order valence-corrected chi connectivity index (χ4v) is 5.60. The van der Waals surface area contributed by atoms with Gasteiger partial charge in [-0.3, -0.25) is 14.2 Å². The number of anilines is 2. The number of hydrogen-bond acceptors (Lipinski definition) is 7. The van der Waals surface area contributed by atoms with Crippen molar-refractivity contribution in [3.8, 4) is 0 Å². The summed E-state index contributed by atoms with van der Waals surface area (Å²) in [5.74, 6) is 0.996. The van der Waals surface area contributed by atoms with Crippen LogP contribution < -0.4 is 21.9 Å². The van der Waals surface area contributed by atoms with Crippen LogP contribution in [0.1, 0.15) is 48.0 Å². The molecule has 4 aromatic rings. The fraction of sp³-hybridized carbons (Fsp3) is 0.308. The number of fused-ring (bicyclic) bond motifs is 2. The number of aromatic nitrogens is 3. The summed E-state index contributed by atoms with van der Waals surface area (Å²) in [6, 6.07) is 13.5. The molecule has 2 atom stereocenters. The Labute approximate surface area is 207 Å². The van der Waals surface area contributed by atoms with Crippen LogP contribution in [-0.2, 0) is 17.8 Å². The molecule has 1 aliphatic heterocycles. The Hall–Kier alpha value is -3.72. The molecule has 8 nitrogen and oxygen atoms in total. The molecular weight excluding hydrogens is 460 g/mol. The van der Waals surface area contributed by atoms with Crippen LogP contribution >= 0.6 is 11.3 Å². The first-order valence-electron chi connectivity index (χ1n) is 11.8. The van der Waals surface area contributed by atoms with Gasteiger partial charge < -0.3 is 16.4 Å². The van der Waals surface area contributed by atoms with Gasteiger partial charge in [0, 0.05) is 33.6 Å². The number of benzene rings is 1. The van der Waals surface area contributed by atoms with E-state index in [1.807, 2.05) is 37.3 Å². The van der Waals surface area contributed by atoms with Crippen LogP contribution in [0.4, 0.5) is 11.5 Å². The zero-order valence-electron chi connectivity index (χ0n) is 19.5. The normalized spacial score (nSPS) is 16.8. The largest absolute Gasteiger partial charge is 0.384 e. The summed E-state index contributed by atoms with van der Waals surface area (Å²) in [5, 5.41) is 7.23. The van der Waals surface area contributed by atoms with Gasteiger partial charge in [-0.05, 0) is 37.0 Å². The predicted octanol–water partition coefficient (Wildman–Crippen LogP) is 3.84. The molecule has 0 fully saturated rings. The third-order valence-electron chi connectivity index (χ3n) is 6.36. The van der Waals surface area contributed by atoms with Gasteiger partial charge in [0.05, 0.1) is 12.7 Å². The number of nitrogens with zero attached hydrogens (tertiary/aromatic N) is 3. The van der Waals surface area contributed by atoms with Gasteiger partial charge in [0.2, 0.25) is 5.91 Å². The Balaban J connectivity index is 1.25.